The van der Waals surface area contributed by atoms with E-state index in [0.717, 1.165) is 0 Å². The molecule has 1 aromatic heterocycles. The zero-order valence-electron chi connectivity index (χ0n) is 19.7. The highest BCUT2D eigenvalue weighted by Crippen LogP contribution is 2.45. The minimum atomic E-state index is 0.0734. The van der Waals surface area contributed by atoms with Gasteiger partial charge in [-0.25, -0.2) is 0 Å². The van der Waals surface area contributed by atoms with Gasteiger partial charge in [0.25, 0.3) is 0 Å². The minimum absolute atomic E-state index is 0.0734. The summed E-state index contributed by atoms with van der Waals surface area (Å²) in [7, 11) is 0.151. The molecule has 0 amide bonds. The van der Waals surface area contributed by atoms with Crippen LogP contribution in [0.5, 0.6) is 0 Å². The lowest BCUT2D eigenvalue weighted by atomic mass is 10.3. The molecule has 0 aliphatic rings. The third-order valence-electron chi connectivity index (χ3n) is 5.71. The number of unbranched alkanes of at least 4 members (excludes halogenated alkanes) is 8. The summed E-state index contributed by atoms with van der Waals surface area (Å²) in [5.74, 6) is 0. The van der Waals surface area contributed by atoms with Crippen LogP contribution in [0.1, 0.15) is 110 Å². The van der Waals surface area contributed by atoms with Crippen molar-refractivity contribution in [2.45, 2.75) is 112 Å². The summed E-state index contributed by atoms with van der Waals surface area (Å²) in [6.45, 7) is 11.8. The van der Waals surface area contributed by atoms with Crippen molar-refractivity contribution in [1.29, 1.82) is 0 Å². The molecule has 0 saturated heterocycles. The van der Waals surface area contributed by atoms with Crippen LogP contribution in [0.25, 0.3) is 0 Å². The Hall–Kier alpha value is 0.560. The van der Waals surface area contributed by atoms with E-state index in [1.807, 2.05) is 10.6 Å². The van der Waals surface area contributed by atoms with Crippen molar-refractivity contribution in [3.8, 4) is 0 Å². The van der Waals surface area contributed by atoms with E-state index in [1.165, 1.54) is 102 Å². The minimum Gasteiger partial charge on any atom is -0.148 e. The van der Waals surface area contributed by atoms with Crippen LogP contribution >= 0.6 is 27.2 Å². The third kappa shape index (κ3) is 10.0. The third-order valence-corrected chi connectivity index (χ3v) is 12.8. The van der Waals surface area contributed by atoms with E-state index < -0.39 is 0 Å². The van der Waals surface area contributed by atoms with Crippen LogP contribution in [-0.4, -0.2) is 24.6 Å². The second kappa shape index (κ2) is 17.3. The summed E-state index contributed by atoms with van der Waals surface area (Å²) < 4.78 is 0. The Kier molecular flexibility index (Phi) is 16.4. The summed E-state index contributed by atoms with van der Waals surface area (Å²) in [5, 5.41) is 6.37. The average Bonchev–Trinajstić information content (AvgIpc) is 3.07. The highest BCUT2D eigenvalue weighted by molar-refractivity contribution is 7.72. The molecular formula is C25H48P2S. The van der Waals surface area contributed by atoms with Gasteiger partial charge in [-0.05, 0) is 73.2 Å². The van der Waals surface area contributed by atoms with Crippen molar-refractivity contribution in [3.05, 3.63) is 10.3 Å². The molecule has 0 spiro atoms. The van der Waals surface area contributed by atoms with E-state index in [4.69, 9.17) is 0 Å². The van der Waals surface area contributed by atoms with Gasteiger partial charge in [0.2, 0.25) is 0 Å². The maximum atomic E-state index is 2.61. The highest BCUT2D eigenvalue weighted by Gasteiger charge is 2.23. The zero-order valence-corrected chi connectivity index (χ0v) is 22.3. The van der Waals surface area contributed by atoms with Gasteiger partial charge in [-0.3, -0.25) is 0 Å². The quantitative estimate of drug-likeness (QED) is 0.157. The maximum absolute atomic E-state index is 2.61. The molecule has 0 bridgehead atoms. The van der Waals surface area contributed by atoms with Crippen LogP contribution in [0.15, 0.2) is 5.38 Å². The van der Waals surface area contributed by atoms with Gasteiger partial charge in [0.1, 0.15) is 0 Å². The zero-order chi connectivity index (χ0) is 20.6. The molecule has 3 heteroatoms. The van der Waals surface area contributed by atoms with E-state index in [0.29, 0.717) is 0 Å². The lowest BCUT2D eigenvalue weighted by Gasteiger charge is -2.25. The van der Waals surface area contributed by atoms with Crippen LogP contribution in [0, 0.1) is 6.92 Å². The normalized spacial score (nSPS) is 11.8. The molecule has 1 heterocycles. The fraction of sp³-hybridized carbons (Fsp3) is 0.840. The van der Waals surface area contributed by atoms with Crippen LogP contribution in [0.3, 0.4) is 0 Å². The Balaban J connectivity index is 2.99. The molecule has 0 N–H and O–H groups in total. The fourth-order valence-electron chi connectivity index (χ4n) is 3.94. The lowest BCUT2D eigenvalue weighted by Crippen LogP contribution is -2.24. The van der Waals surface area contributed by atoms with E-state index in [1.54, 1.807) is 4.88 Å². The first kappa shape index (κ1) is 26.6. The number of thiophene rings is 1. The molecule has 0 aliphatic heterocycles. The van der Waals surface area contributed by atoms with Crippen molar-refractivity contribution in [1.82, 2.24) is 0 Å². The maximum Gasteiger partial charge on any atom is 0.00976 e. The Morgan fingerprint density at radius 1 is 0.607 bits per heavy atom. The van der Waals surface area contributed by atoms with E-state index in [-0.39, 0.29) is 15.8 Å². The van der Waals surface area contributed by atoms with Gasteiger partial charge in [-0.2, -0.15) is 0 Å². The largest absolute Gasteiger partial charge is 0.148 e. The monoisotopic (exact) mass is 442 g/mol. The van der Waals surface area contributed by atoms with E-state index in [9.17, 15) is 0 Å². The second-order valence-electron chi connectivity index (χ2n) is 8.33. The first-order chi connectivity index (χ1) is 13.7. The standard InChI is InChI=1S/C25H48P2S/c1-6-10-14-18-26(19-15-11-7-2)24-22-28-23(5)25(24)27(20-16-12-8-3)21-17-13-9-4/h22H,6-21H2,1-5H3. The van der Waals surface area contributed by atoms with Gasteiger partial charge < -0.3 is 0 Å². The van der Waals surface area contributed by atoms with Crippen LogP contribution in [-0.2, 0) is 0 Å². The smallest absolute Gasteiger partial charge is 0.00976 e. The molecule has 0 aliphatic carbocycles. The van der Waals surface area contributed by atoms with Crippen molar-refractivity contribution >= 4 is 37.8 Å². The number of aryl methyl sites for hydroxylation is 1. The average molecular weight is 443 g/mol. The van der Waals surface area contributed by atoms with E-state index in [2.05, 4.69) is 51.3 Å². The first-order valence-electron chi connectivity index (χ1n) is 12.3. The summed E-state index contributed by atoms with van der Waals surface area (Å²) in [6, 6.07) is 0. The molecule has 0 unspecified atom stereocenters. The molecule has 0 fully saturated rings. The molecule has 28 heavy (non-hydrogen) atoms. The van der Waals surface area contributed by atoms with Crippen molar-refractivity contribution < 1.29 is 0 Å². The topological polar surface area (TPSA) is 0 Å². The summed E-state index contributed by atoms with van der Waals surface area (Å²) in [5.41, 5.74) is 0. The van der Waals surface area contributed by atoms with Gasteiger partial charge in [-0.15, -0.1) is 11.3 Å². The molecule has 164 valence electrons. The van der Waals surface area contributed by atoms with E-state index >= 15 is 0 Å². The number of rotatable bonds is 18. The SMILES string of the molecule is CCCCCP(CCCCC)c1csc(C)c1P(CCCCC)CCCCC. The van der Waals surface area contributed by atoms with Gasteiger partial charge in [0.15, 0.2) is 0 Å². The summed E-state index contributed by atoms with van der Waals surface area (Å²) in [6.07, 6.45) is 22.9. The molecule has 0 saturated carbocycles. The predicted molar refractivity (Wildman–Crippen MR) is 140 cm³/mol. The fourth-order valence-corrected chi connectivity index (χ4v) is 12.0. The second-order valence-corrected chi connectivity index (χ2v) is 14.3. The molecule has 1 aromatic rings. The Morgan fingerprint density at radius 2 is 1.00 bits per heavy atom. The van der Waals surface area contributed by atoms with Crippen molar-refractivity contribution in [2.24, 2.45) is 0 Å². The van der Waals surface area contributed by atoms with Crippen LogP contribution < -0.4 is 10.6 Å². The molecular weight excluding hydrogens is 394 g/mol. The van der Waals surface area contributed by atoms with Gasteiger partial charge in [0, 0.05) is 4.88 Å². The van der Waals surface area contributed by atoms with Crippen LogP contribution in [0.2, 0.25) is 0 Å². The Bertz CT molecular complexity index is 463. The molecule has 0 atom stereocenters. The van der Waals surface area contributed by atoms with Gasteiger partial charge in [-0.1, -0.05) is 94.9 Å². The molecule has 1 rings (SSSR count). The molecule has 0 aromatic carbocycles. The molecule has 0 nitrogen and oxygen atoms in total. The lowest BCUT2D eigenvalue weighted by molar-refractivity contribution is 0.763. The van der Waals surface area contributed by atoms with Gasteiger partial charge >= 0.3 is 0 Å². The molecule has 0 radical (unpaired) electrons. The highest BCUT2D eigenvalue weighted by atomic mass is 32.1. The summed E-state index contributed by atoms with van der Waals surface area (Å²) in [4.78, 5) is 1.67. The Labute approximate surface area is 184 Å². The number of hydrogen-bond donors (Lipinski definition) is 0. The van der Waals surface area contributed by atoms with Gasteiger partial charge in [0.05, 0.1) is 0 Å². The predicted octanol–water partition coefficient (Wildman–Crippen LogP) is 9.03. The summed E-state index contributed by atoms with van der Waals surface area (Å²) >= 11 is 2.08. The van der Waals surface area contributed by atoms with Crippen LogP contribution in [0.4, 0.5) is 0 Å². The first-order valence-corrected chi connectivity index (χ1v) is 16.6. The van der Waals surface area contributed by atoms with Crippen molar-refractivity contribution in [3.63, 3.8) is 0 Å². The van der Waals surface area contributed by atoms with Crippen molar-refractivity contribution in [2.75, 3.05) is 24.6 Å². The Morgan fingerprint density at radius 3 is 1.39 bits per heavy atom. The number of hydrogen-bond acceptors (Lipinski definition) is 1.